The molecule has 1 N–H and O–H groups in total. The molecule has 98 valence electrons. The van der Waals surface area contributed by atoms with Crippen LogP contribution in [0.1, 0.15) is 28.8 Å². The van der Waals surface area contributed by atoms with Crippen LogP contribution in [0.3, 0.4) is 0 Å². The van der Waals surface area contributed by atoms with Gasteiger partial charge in [-0.2, -0.15) is 5.26 Å². The number of aromatic amines is 1. The van der Waals surface area contributed by atoms with Crippen LogP contribution < -0.4 is 5.56 Å². The van der Waals surface area contributed by atoms with E-state index in [1.807, 2.05) is 6.07 Å². The van der Waals surface area contributed by atoms with Gasteiger partial charge in [0.2, 0.25) is 0 Å². The molecule has 0 aliphatic rings. The Hall–Kier alpha value is -2.53. The van der Waals surface area contributed by atoms with Gasteiger partial charge in [-0.1, -0.05) is 5.92 Å². The van der Waals surface area contributed by atoms with E-state index in [9.17, 15) is 9.59 Å². The van der Waals surface area contributed by atoms with E-state index in [0.717, 1.165) is 5.56 Å². The minimum Gasteiger partial charge on any atom is -0.452 e. The minimum atomic E-state index is -0.406. The summed E-state index contributed by atoms with van der Waals surface area (Å²) in [5.41, 5.74) is 1.72. The maximum absolute atomic E-state index is 11.5. The zero-order valence-electron chi connectivity index (χ0n) is 10.9. The highest BCUT2D eigenvalue weighted by atomic mass is 16.5. The smallest absolute Gasteiger partial charge is 0.307 e. The van der Waals surface area contributed by atoms with Gasteiger partial charge in [0.05, 0.1) is 0 Å². The monoisotopic (exact) mass is 258 g/mol. The summed E-state index contributed by atoms with van der Waals surface area (Å²) >= 11 is 0. The van der Waals surface area contributed by atoms with Gasteiger partial charge in [0.25, 0.3) is 5.56 Å². The highest BCUT2D eigenvalue weighted by molar-refractivity contribution is 5.70. The number of carbonyl (C=O) groups excluding carboxylic acids is 1. The van der Waals surface area contributed by atoms with Gasteiger partial charge in [-0.05, 0) is 31.4 Å². The topological polar surface area (TPSA) is 83.0 Å². The third kappa shape index (κ3) is 3.46. The summed E-state index contributed by atoms with van der Waals surface area (Å²) in [7, 11) is 0. The molecule has 1 rings (SSSR count). The zero-order valence-corrected chi connectivity index (χ0v) is 10.9. The summed E-state index contributed by atoms with van der Waals surface area (Å²) in [6.07, 6.45) is 5.53. The molecule has 1 aromatic heterocycles. The molecule has 19 heavy (non-hydrogen) atoms. The van der Waals surface area contributed by atoms with Gasteiger partial charge in [-0.25, -0.2) is 0 Å². The second kappa shape index (κ2) is 6.42. The van der Waals surface area contributed by atoms with Crippen LogP contribution in [0.15, 0.2) is 4.79 Å². The van der Waals surface area contributed by atoms with E-state index in [1.54, 1.807) is 13.8 Å². The molecule has 0 spiro atoms. The number of terminal acetylenes is 1. The second-order valence-electron chi connectivity index (χ2n) is 4.03. The van der Waals surface area contributed by atoms with E-state index in [0.29, 0.717) is 17.7 Å². The number of nitriles is 1. The first-order valence-electron chi connectivity index (χ1n) is 5.72. The predicted octanol–water partition coefficient (Wildman–Crippen LogP) is 0.972. The lowest BCUT2D eigenvalue weighted by Crippen LogP contribution is -2.17. The molecule has 0 aliphatic carbocycles. The second-order valence-corrected chi connectivity index (χ2v) is 4.03. The Morgan fingerprint density at radius 1 is 1.47 bits per heavy atom. The molecular weight excluding hydrogens is 244 g/mol. The van der Waals surface area contributed by atoms with Crippen molar-refractivity contribution in [3.63, 3.8) is 0 Å². The summed E-state index contributed by atoms with van der Waals surface area (Å²) < 4.78 is 4.76. The number of carbonyl (C=O) groups is 1. The first-order valence-corrected chi connectivity index (χ1v) is 5.72. The number of pyridine rings is 1. The molecule has 0 saturated heterocycles. The van der Waals surface area contributed by atoms with Crippen LogP contribution >= 0.6 is 0 Å². The van der Waals surface area contributed by atoms with E-state index in [4.69, 9.17) is 16.4 Å². The van der Waals surface area contributed by atoms with Gasteiger partial charge in [0, 0.05) is 12.1 Å². The number of H-pyrrole nitrogens is 1. The van der Waals surface area contributed by atoms with E-state index < -0.39 is 11.5 Å². The average Bonchev–Trinajstić information content (AvgIpc) is 2.36. The van der Waals surface area contributed by atoms with Gasteiger partial charge in [0.15, 0.2) is 6.61 Å². The fraction of sp³-hybridized carbons (Fsp3) is 0.357. The Morgan fingerprint density at radius 3 is 2.74 bits per heavy atom. The average molecular weight is 258 g/mol. The van der Waals surface area contributed by atoms with Crippen LogP contribution in [0, 0.1) is 37.5 Å². The summed E-state index contributed by atoms with van der Waals surface area (Å²) in [4.78, 5) is 25.5. The summed E-state index contributed by atoms with van der Waals surface area (Å²) in [6.45, 7) is 3.38. The van der Waals surface area contributed by atoms with Crippen molar-refractivity contribution in [2.24, 2.45) is 0 Å². The number of nitrogens with one attached hydrogen (secondary N) is 1. The van der Waals surface area contributed by atoms with E-state index >= 15 is 0 Å². The van der Waals surface area contributed by atoms with Crippen molar-refractivity contribution in [3.8, 4) is 18.4 Å². The highest BCUT2D eigenvalue weighted by Crippen LogP contribution is 2.15. The third-order valence-electron chi connectivity index (χ3n) is 2.82. The Balaban J connectivity index is 2.92. The van der Waals surface area contributed by atoms with Crippen LogP contribution in [-0.2, 0) is 16.0 Å². The summed E-state index contributed by atoms with van der Waals surface area (Å²) in [6, 6.07) is 1.87. The molecule has 0 bridgehead atoms. The number of rotatable bonds is 4. The van der Waals surface area contributed by atoms with Crippen LogP contribution in [0.25, 0.3) is 0 Å². The van der Waals surface area contributed by atoms with Gasteiger partial charge in [-0.15, -0.1) is 6.42 Å². The maximum atomic E-state index is 11.5. The molecule has 5 heteroatoms. The van der Waals surface area contributed by atoms with Gasteiger partial charge >= 0.3 is 5.97 Å². The molecule has 0 amide bonds. The van der Waals surface area contributed by atoms with Crippen molar-refractivity contribution in [2.45, 2.75) is 26.7 Å². The van der Waals surface area contributed by atoms with E-state index in [-0.39, 0.29) is 18.6 Å². The van der Waals surface area contributed by atoms with E-state index in [2.05, 4.69) is 10.9 Å². The molecule has 0 fully saturated rings. The minimum absolute atomic E-state index is 0.0497. The lowest BCUT2D eigenvalue weighted by molar-refractivity contribution is -0.142. The molecule has 1 heterocycles. The Bertz CT molecular complexity index is 630. The molecule has 0 aliphatic heterocycles. The number of hydrogen-bond acceptors (Lipinski definition) is 4. The van der Waals surface area contributed by atoms with Crippen LogP contribution in [0.4, 0.5) is 0 Å². The molecule has 5 nitrogen and oxygen atoms in total. The van der Waals surface area contributed by atoms with Gasteiger partial charge in [0.1, 0.15) is 11.6 Å². The standard InChI is InChI=1S/C14H14N2O3/c1-4-7-19-13(17)6-5-11-9(2)12(8-15)14(18)16-10(11)3/h1H,5-7H2,2-3H3,(H,16,18). The normalized spacial score (nSPS) is 9.47. The van der Waals surface area contributed by atoms with E-state index in [1.165, 1.54) is 0 Å². The predicted molar refractivity (Wildman–Crippen MR) is 69.4 cm³/mol. The van der Waals surface area contributed by atoms with Crippen molar-refractivity contribution in [1.82, 2.24) is 4.98 Å². The van der Waals surface area contributed by atoms with Crippen molar-refractivity contribution >= 4 is 5.97 Å². The molecule has 0 atom stereocenters. The molecule has 0 aromatic carbocycles. The molecule has 0 saturated carbocycles. The number of aromatic nitrogens is 1. The van der Waals surface area contributed by atoms with Crippen molar-refractivity contribution < 1.29 is 9.53 Å². The number of aryl methyl sites for hydroxylation is 1. The summed E-state index contributed by atoms with van der Waals surface area (Å²) in [5.74, 6) is 1.81. The Labute approximate surface area is 111 Å². The van der Waals surface area contributed by atoms with Crippen molar-refractivity contribution in [3.05, 3.63) is 32.7 Å². The molecule has 0 unspecified atom stereocenters. The number of hydrogen-bond donors (Lipinski definition) is 1. The number of ether oxygens (including phenoxy) is 1. The third-order valence-corrected chi connectivity index (χ3v) is 2.82. The fourth-order valence-corrected chi connectivity index (χ4v) is 1.84. The SMILES string of the molecule is C#CCOC(=O)CCc1c(C)[nH]c(=O)c(C#N)c1C. The van der Waals surface area contributed by atoms with Gasteiger partial charge in [-0.3, -0.25) is 9.59 Å². The van der Waals surface area contributed by atoms with Crippen molar-refractivity contribution in [2.75, 3.05) is 6.61 Å². The lowest BCUT2D eigenvalue weighted by atomic mass is 9.99. The number of nitrogens with zero attached hydrogens (tertiary/aromatic N) is 1. The quantitative estimate of drug-likeness (QED) is 0.644. The lowest BCUT2D eigenvalue weighted by Gasteiger charge is -2.10. The van der Waals surface area contributed by atoms with Crippen LogP contribution in [0.2, 0.25) is 0 Å². The molecule has 1 aromatic rings. The van der Waals surface area contributed by atoms with Gasteiger partial charge < -0.3 is 9.72 Å². The largest absolute Gasteiger partial charge is 0.452 e. The highest BCUT2D eigenvalue weighted by Gasteiger charge is 2.13. The Kier molecular flexibility index (Phi) is 4.91. The zero-order chi connectivity index (χ0) is 14.4. The first-order chi connectivity index (χ1) is 9.01. The summed E-state index contributed by atoms with van der Waals surface area (Å²) in [5, 5.41) is 8.92. The van der Waals surface area contributed by atoms with Crippen LogP contribution in [0.5, 0.6) is 0 Å². The number of esters is 1. The molecular formula is C14H14N2O3. The molecule has 0 radical (unpaired) electrons. The first kappa shape index (κ1) is 14.5. The fourth-order valence-electron chi connectivity index (χ4n) is 1.84. The maximum Gasteiger partial charge on any atom is 0.307 e. The van der Waals surface area contributed by atoms with Crippen molar-refractivity contribution in [1.29, 1.82) is 5.26 Å². The Morgan fingerprint density at radius 2 is 2.16 bits per heavy atom. The van der Waals surface area contributed by atoms with Crippen LogP contribution in [-0.4, -0.2) is 17.6 Å².